The van der Waals surface area contributed by atoms with Gasteiger partial charge in [0.25, 0.3) is 0 Å². The maximum absolute atomic E-state index is 11.7. The van der Waals surface area contributed by atoms with Crippen LogP contribution in [-0.2, 0) is 4.79 Å². The Kier molecular flexibility index (Phi) is 5.62. The van der Waals surface area contributed by atoms with E-state index in [0.29, 0.717) is 33.4 Å². The first-order valence-corrected chi connectivity index (χ1v) is 9.02. The molecule has 0 spiro atoms. The molecule has 0 aliphatic heterocycles. The maximum atomic E-state index is 11.7. The summed E-state index contributed by atoms with van der Waals surface area (Å²) < 4.78 is 11.0. The largest absolute Gasteiger partial charge is 0.495 e. The van der Waals surface area contributed by atoms with Crippen LogP contribution in [0.4, 0.5) is 5.69 Å². The van der Waals surface area contributed by atoms with Crippen molar-refractivity contribution in [3.63, 3.8) is 0 Å². The van der Waals surface area contributed by atoms with Gasteiger partial charge in [-0.15, -0.1) is 0 Å². The molecule has 0 fully saturated rings. The Balaban J connectivity index is 1.82. The number of thiocarbonyl (C=S) groups is 1. The van der Waals surface area contributed by atoms with Crippen molar-refractivity contribution in [2.45, 2.75) is 13.8 Å². The fourth-order valence-corrected chi connectivity index (χ4v) is 2.82. The van der Waals surface area contributed by atoms with E-state index >= 15 is 0 Å². The Bertz CT molecular complexity index is 1020. The molecule has 1 amide bonds. The topological polar surface area (TPSA) is 76.4 Å². The van der Waals surface area contributed by atoms with Crippen LogP contribution in [0.3, 0.4) is 0 Å². The van der Waals surface area contributed by atoms with E-state index in [-0.39, 0.29) is 16.9 Å². The van der Waals surface area contributed by atoms with Gasteiger partial charge in [0.2, 0.25) is 11.8 Å². The number of hydrogen-bond donors (Lipinski definition) is 2. The van der Waals surface area contributed by atoms with Crippen LogP contribution in [0, 0.1) is 5.92 Å². The number of aromatic nitrogens is 1. The van der Waals surface area contributed by atoms with Gasteiger partial charge < -0.3 is 19.8 Å². The lowest BCUT2D eigenvalue weighted by Crippen LogP contribution is -2.36. The minimum absolute atomic E-state index is 0.145. The van der Waals surface area contributed by atoms with Crippen molar-refractivity contribution in [1.29, 1.82) is 0 Å². The number of oxazole rings is 1. The summed E-state index contributed by atoms with van der Waals surface area (Å²) >= 11 is 11.3. The fourth-order valence-electron chi connectivity index (χ4n) is 2.35. The molecule has 8 heteroatoms. The molecule has 3 aromatic rings. The molecule has 3 rings (SSSR count). The van der Waals surface area contributed by atoms with Gasteiger partial charge in [0.15, 0.2) is 10.7 Å². The monoisotopic (exact) mass is 403 g/mol. The predicted octanol–water partition coefficient (Wildman–Crippen LogP) is 4.63. The van der Waals surface area contributed by atoms with Gasteiger partial charge in [0.05, 0.1) is 12.1 Å². The molecule has 27 heavy (non-hydrogen) atoms. The number of carbonyl (C=O) groups is 1. The number of methoxy groups -OCH3 is 1. The second kappa shape index (κ2) is 7.94. The lowest BCUT2D eigenvalue weighted by molar-refractivity contribution is -0.122. The van der Waals surface area contributed by atoms with Crippen molar-refractivity contribution in [1.82, 2.24) is 10.3 Å². The summed E-state index contributed by atoms with van der Waals surface area (Å²) in [4.78, 5) is 16.2. The van der Waals surface area contributed by atoms with E-state index in [4.69, 9.17) is 33.0 Å². The highest BCUT2D eigenvalue weighted by Crippen LogP contribution is 2.32. The number of hydrogen-bond acceptors (Lipinski definition) is 5. The standard InChI is InChI=1S/C19H18ClN3O3S/c1-10(2)17(24)23-19(27)21-12-5-7-16-14(9-12)22-18(26-16)11-4-6-15(25-3)13(20)8-11/h4-10H,1-3H3,(H2,21,23,24,27). The molecule has 1 aromatic heterocycles. The number of ether oxygens (including phenoxy) is 1. The minimum atomic E-state index is -0.151. The van der Waals surface area contributed by atoms with Crippen LogP contribution in [0.15, 0.2) is 40.8 Å². The first-order valence-electron chi connectivity index (χ1n) is 8.23. The summed E-state index contributed by atoms with van der Waals surface area (Å²) in [5.74, 6) is 0.734. The summed E-state index contributed by atoms with van der Waals surface area (Å²) in [6, 6.07) is 10.7. The smallest absolute Gasteiger partial charge is 0.228 e. The molecule has 0 radical (unpaired) electrons. The van der Waals surface area contributed by atoms with Crippen molar-refractivity contribution in [3.8, 4) is 17.2 Å². The van der Waals surface area contributed by atoms with Gasteiger partial charge in [0.1, 0.15) is 11.3 Å². The molecule has 0 unspecified atom stereocenters. The van der Waals surface area contributed by atoms with Crippen molar-refractivity contribution in [3.05, 3.63) is 41.4 Å². The van der Waals surface area contributed by atoms with E-state index in [1.54, 1.807) is 51.3 Å². The Morgan fingerprint density at radius 3 is 2.70 bits per heavy atom. The van der Waals surface area contributed by atoms with Gasteiger partial charge in [-0.1, -0.05) is 25.4 Å². The molecule has 0 bridgehead atoms. The number of carbonyl (C=O) groups excluding carboxylic acids is 1. The van der Waals surface area contributed by atoms with Crippen LogP contribution >= 0.6 is 23.8 Å². The average Bonchev–Trinajstić information content (AvgIpc) is 3.04. The Labute approximate surface area is 166 Å². The summed E-state index contributed by atoms with van der Waals surface area (Å²) in [6.07, 6.45) is 0. The summed E-state index contributed by atoms with van der Waals surface area (Å²) in [6.45, 7) is 3.60. The minimum Gasteiger partial charge on any atom is -0.495 e. The number of benzene rings is 2. The third-order valence-electron chi connectivity index (χ3n) is 3.81. The predicted molar refractivity (Wildman–Crippen MR) is 110 cm³/mol. The molecule has 140 valence electrons. The van der Waals surface area contributed by atoms with Crippen molar-refractivity contribution >= 4 is 51.6 Å². The first kappa shape index (κ1) is 19.1. The number of anilines is 1. The third kappa shape index (κ3) is 4.37. The molecule has 0 aliphatic rings. The number of amides is 1. The molecule has 0 aliphatic carbocycles. The van der Waals surface area contributed by atoms with E-state index in [1.165, 1.54) is 0 Å². The second-order valence-corrected chi connectivity index (χ2v) is 6.96. The fraction of sp³-hybridized carbons (Fsp3) is 0.211. The lowest BCUT2D eigenvalue weighted by atomic mass is 10.2. The van der Waals surface area contributed by atoms with Crippen molar-refractivity contribution < 1.29 is 13.9 Å². The molecule has 2 aromatic carbocycles. The normalized spacial score (nSPS) is 10.9. The van der Waals surface area contributed by atoms with Crippen molar-refractivity contribution in [2.24, 2.45) is 5.92 Å². The molecule has 2 N–H and O–H groups in total. The highest BCUT2D eigenvalue weighted by Gasteiger charge is 2.12. The highest BCUT2D eigenvalue weighted by molar-refractivity contribution is 7.80. The van der Waals surface area contributed by atoms with Crippen LogP contribution < -0.4 is 15.4 Å². The Morgan fingerprint density at radius 2 is 2.04 bits per heavy atom. The molecule has 0 saturated heterocycles. The van der Waals surface area contributed by atoms with E-state index < -0.39 is 0 Å². The quantitative estimate of drug-likeness (QED) is 0.619. The van der Waals surface area contributed by atoms with Gasteiger partial charge in [-0.25, -0.2) is 4.98 Å². The molecular formula is C19H18ClN3O3S. The summed E-state index contributed by atoms with van der Waals surface area (Å²) in [5.41, 5.74) is 2.72. The second-order valence-electron chi connectivity index (χ2n) is 6.15. The molecule has 0 atom stereocenters. The maximum Gasteiger partial charge on any atom is 0.228 e. The van der Waals surface area contributed by atoms with Crippen LogP contribution in [-0.4, -0.2) is 23.1 Å². The van der Waals surface area contributed by atoms with Gasteiger partial charge in [-0.05, 0) is 48.6 Å². The molecule has 1 heterocycles. The summed E-state index contributed by atoms with van der Waals surface area (Å²) in [7, 11) is 1.56. The number of fused-ring (bicyclic) bond motifs is 1. The van der Waals surface area contributed by atoms with Gasteiger partial charge in [-0.3, -0.25) is 4.79 Å². The summed E-state index contributed by atoms with van der Waals surface area (Å²) in [5, 5.41) is 6.32. The molecule has 0 saturated carbocycles. The average molecular weight is 404 g/mol. The van der Waals surface area contributed by atoms with E-state index in [1.807, 2.05) is 6.07 Å². The zero-order valence-corrected chi connectivity index (χ0v) is 16.6. The lowest BCUT2D eigenvalue weighted by Gasteiger charge is -2.10. The van der Waals surface area contributed by atoms with E-state index in [9.17, 15) is 4.79 Å². The SMILES string of the molecule is COc1ccc(-c2nc3cc(NC(=S)NC(=O)C(C)C)ccc3o2)cc1Cl. The van der Waals surface area contributed by atoms with Crippen LogP contribution in [0.1, 0.15) is 13.8 Å². The van der Waals surface area contributed by atoms with Gasteiger partial charge in [0, 0.05) is 17.2 Å². The van der Waals surface area contributed by atoms with Crippen LogP contribution in [0.5, 0.6) is 5.75 Å². The van der Waals surface area contributed by atoms with Crippen LogP contribution in [0.25, 0.3) is 22.6 Å². The zero-order valence-electron chi connectivity index (χ0n) is 15.0. The van der Waals surface area contributed by atoms with E-state index in [2.05, 4.69) is 15.6 Å². The van der Waals surface area contributed by atoms with Gasteiger partial charge >= 0.3 is 0 Å². The number of nitrogens with one attached hydrogen (secondary N) is 2. The number of halogens is 1. The first-order chi connectivity index (χ1) is 12.9. The van der Waals surface area contributed by atoms with Crippen molar-refractivity contribution in [2.75, 3.05) is 12.4 Å². The molecular weight excluding hydrogens is 386 g/mol. The number of rotatable bonds is 4. The highest BCUT2D eigenvalue weighted by atomic mass is 35.5. The Morgan fingerprint density at radius 1 is 1.26 bits per heavy atom. The van der Waals surface area contributed by atoms with E-state index in [0.717, 1.165) is 5.56 Å². The van der Waals surface area contributed by atoms with Gasteiger partial charge in [-0.2, -0.15) is 0 Å². The van der Waals surface area contributed by atoms with Crippen LogP contribution in [0.2, 0.25) is 5.02 Å². The Hall–Kier alpha value is -2.64. The number of nitrogens with zero attached hydrogens (tertiary/aromatic N) is 1. The third-order valence-corrected chi connectivity index (χ3v) is 4.30. The zero-order chi connectivity index (χ0) is 19.6. The molecule has 6 nitrogen and oxygen atoms in total.